The minimum Gasteiger partial charge on any atom is -0.377 e. The molecule has 1 fully saturated rings. The van der Waals surface area contributed by atoms with Gasteiger partial charge < -0.3 is 9.64 Å². The van der Waals surface area contributed by atoms with Crippen LogP contribution in [0.5, 0.6) is 0 Å². The number of carbonyl (C=O) groups is 1. The van der Waals surface area contributed by atoms with Crippen molar-refractivity contribution in [2.75, 3.05) is 13.7 Å². The van der Waals surface area contributed by atoms with Crippen LogP contribution in [0.3, 0.4) is 0 Å². The number of nitrogens with zero attached hydrogens (tertiary/aromatic N) is 1. The average molecular weight is 296 g/mol. The van der Waals surface area contributed by atoms with Crippen molar-refractivity contribution in [3.8, 4) is 0 Å². The highest BCUT2D eigenvalue weighted by atomic mass is 32.1. The molecule has 0 radical (unpaired) electrons. The van der Waals surface area contributed by atoms with Crippen molar-refractivity contribution in [2.45, 2.75) is 51.4 Å². The van der Waals surface area contributed by atoms with Gasteiger partial charge in [-0.1, -0.05) is 13.3 Å². The van der Waals surface area contributed by atoms with Gasteiger partial charge in [-0.25, -0.2) is 0 Å². The molecular weight excluding hydrogens is 272 g/mol. The Morgan fingerprint density at radius 2 is 2.25 bits per heavy atom. The van der Waals surface area contributed by atoms with Gasteiger partial charge in [-0.15, -0.1) is 0 Å². The summed E-state index contributed by atoms with van der Waals surface area (Å²) in [5.41, 5.74) is 0.820. The van der Waals surface area contributed by atoms with Crippen LogP contribution in [0.25, 0.3) is 0 Å². The van der Waals surface area contributed by atoms with E-state index < -0.39 is 0 Å². The summed E-state index contributed by atoms with van der Waals surface area (Å²) in [5.74, 6) is 0.188. The van der Waals surface area contributed by atoms with Crippen LogP contribution in [0.1, 0.15) is 45.3 Å². The lowest BCUT2D eigenvalue weighted by atomic mass is 10.1. The molecule has 2 atom stereocenters. The predicted octanol–water partition coefficient (Wildman–Crippen LogP) is 2.77. The number of thiophene rings is 1. The van der Waals surface area contributed by atoms with E-state index in [4.69, 9.17) is 4.74 Å². The molecule has 0 spiro atoms. The third-order valence-electron chi connectivity index (χ3n) is 3.79. The van der Waals surface area contributed by atoms with Crippen LogP contribution < -0.4 is 5.32 Å². The quantitative estimate of drug-likeness (QED) is 0.877. The highest BCUT2D eigenvalue weighted by molar-refractivity contribution is 7.07. The van der Waals surface area contributed by atoms with E-state index in [0.29, 0.717) is 6.54 Å². The molecule has 1 N–H and O–H groups in total. The second kappa shape index (κ2) is 6.24. The van der Waals surface area contributed by atoms with E-state index in [1.807, 2.05) is 24.1 Å². The Bertz CT molecular complexity index is 445. The number of amides is 1. The molecule has 1 aromatic rings. The Morgan fingerprint density at radius 3 is 2.80 bits per heavy atom. The van der Waals surface area contributed by atoms with Gasteiger partial charge in [0.15, 0.2) is 0 Å². The van der Waals surface area contributed by atoms with Crippen molar-refractivity contribution in [1.82, 2.24) is 10.2 Å². The molecule has 2 unspecified atom stereocenters. The van der Waals surface area contributed by atoms with Crippen LogP contribution in [-0.2, 0) is 9.53 Å². The van der Waals surface area contributed by atoms with Gasteiger partial charge >= 0.3 is 0 Å². The number of ether oxygens (including phenoxy) is 1. The van der Waals surface area contributed by atoms with Crippen molar-refractivity contribution >= 4 is 17.2 Å². The van der Waals surface area contributed by atoms with Crippen LogP contribution in [-0.4, -0.2) is 36.1 Å². The largest absolute Gasteiger partial charge is 0.377 e. The summed E-state index contributed by atoms with van der Waals surface area (Å²) < 4.78 is 5.49. The maximum Gasteiger partial charge on any atom is 0.241 e. The normalized spacial score (nSPS) is 23.6. The first kappa shape index (κ1) is 15.5. The van der Waals surface area contributed by atoms with Gasteiger partial charge in [0.25, 0.3) is 0 Å². The van der Waals surface area contributed by atoms with Gasteiger partial charge in [0.05, 0.1) is 18.2 Å². The number of methoxy groups -OCH3 is 1. The third-order valence-corrected chi connectivity index (χ3v) is 4.49. The lowest BCUT2D eigenvalue weighted by Gasteiger charge is -2.32. The summed E-state index contributed by atoms with van der Waals surface area (Å²) in [4.78, 5) is 14.5. The van der Waals surface area contributed by atoms with Crippen LogP contribution in [0.4, 0.5) is 0 Å². The van der Waals surface area contributed by atoms with E-state index in [1.54, 1.807) is 18.4 Å². The second-order valence-corrected chi connectivity index (χ2v) is 6.68. The Morgan fingerprint density at radius 1 is 1.50 bits per heavy atom. The molecule has 1 aliphatic heterocycles. The van der Waals surface area contributed by atoms with Gasteiger partial charge in [0.1, 0.15) is 6.17 Å². The molecule has 4 nitrogen and oxygen atoms in total. The van der Waals surface area contributed by atoms with Gasteiger partial charge in [-0.2, -0.15) is 11.3 Å². The summed E-state index contributed by atoms with van der Waals surface area (Å²) in [7, 11) is 1.69. The minimum atomic E-state index is -0.341. The molecule has 112 valence electrons. The molecule has 2 rings (SSSR count). The molecule has 1 saturated heterocycles. The number of rotatable bonds is 6. The SMILES string of the molecule is CCCC1NC(c2ccsc2)N(CC(C)(C)OC)C1=O. The first-order valence-corrected chi connectivity index (χ1v) is 8.06. The summed E-state index contributed by atoms with van der Waals surface area (Å²) in [5, 5.41) is 7.62. The number of hydrogen-bond donors (Lipinski definition) is 1. The Kier molecular flexibility index (Phi) is 4.83. The standard InChI is InChI=1S/C15H24N2O2S/c1-5-6-12-14(18)17(10-15(2,3)19-4)13(16-12)11-7-8-20-9-11/h7-9,12-13,16H,5-6,10H2,1-4H3. The topological polar surface area (TPSA) is 41.6 Å². The van der Waals surface area contributed by atoms with Crippen LogP contribution in [0.2, 0.25) is 0 Å². The fourth-order valence-corrected chi connectivity index (χ4v) is 3.20. The van der Waals surface area contributed by atoms with Crippen LogP contribution in [0, 0.1) is 0 Å². The Hall–Kier alpha value is -0.910. The zero-order chi connectivity index (χ0) is 14.8. The van der Waals surface area contributed by atoms with Crippen molar-refractivity contribution in [1.29, 1.82) is 0 Å². The van der Waals surface area contributed by atoms with Gasteiger partial charge in [0.2, 0.25) is 5.91 Å². The van der Waals surface area contributed by atoms with Crippen molar-refractivity contribution in [2.24, 2.45) is 0 Å². The first-order valence-electron chi connectivity index (χ1n) is 7.12. The van der Waals surface area contributed by atoms with E-state index in [9.17, 15) is 4.79 Å². The molecule has 0 saturated carbocycles. The third kappa shape index (κ3) is 3.22. The zero-order valence-corrected chi connectivity index (χ0v) is 13.5. The summed E-state index contributed by atoms with van der Waals surface area (Å²) >= 11 is 1.66. The predicted molar refractivity (Wildman–Crippen MR) is 81.7 cm³/mol. The molecule has 1 aromatic heterocycles. The van der Waals surface area contributed by atoms with Crippen molar-refractivity contribution in [3.05, 3.63) is 22.4 Å². The van der Waals surface area contributed by atoms with Gasteiger partial charge in [-0.3, -0.25) is 10.1 Å². The van der Waals surface area contributed by atoms with E-state index in [2.05, 4.69) is 23.7 Å². The molecule has 0 aromatic carbocycles. The van der Waals surface area contributed by atoms with Crippen LogP contribution >= 0.6 is 11.3 Å². The molecule has 5 heteroatoms. The molecule has 1 aliphatic rings. The lowest BCUT2D eigenvalue weighted by molar-refractivity contribution is -0.134. The smallest absolute Gasteiger partial charge is 0.241 e. The van der Waals surface area contributed by atoms with E-state index in [0.717, 1.165) is 18.4 Å². The van der Waals surface area contributed by atoms with Crippen molar-refractivity contribution < 1.29 is 9.53 Å². The van der Waals surface area contributed by atoms with Gasteiger partial charge in [0, 0.05) is 7.11 Å². The zero-order valence-electron chi connectivity index (χ0n) is 12.7. The Labute approximate surface area is 125 Å². The van der Waals surface area contributed by atoms with Crippen molar-refractivity contribution in [3.63, 3.8) is 0 Å². The lowest BCUT2D eigenvalue weighted by Crippen LogP contribution is -2.43. The van der Waals surface area contributed by atoms with E-state index >= 15 is 0 Å². The van der Waals surface area contributed by atoms with Gasteiger partial charge in [-0.05, 0) is 42.7 Å². The average Bonchev–Trinajstić information content (AvgIpc) is 3.02. The molecule has 0 bridgehead atoms. The highest BCUT2D eigenvalue weighted by Gasteiger charge is 2.41. The first-order chi connectivity index (χ1) is 9.48. The van der Waals surface area contributed by atoms with Crippen LogP contribution in [0.15, 0.2) is 16.8 Å². The molecule has 2 heterocycles. The Balaban J connectivity index is 2.21. The number of nitrogens with one attached hydrogen (secondary N) is 1. The second-order valence-electron chi connectivity index (χ2n) is 5.90. The summed E-state index contributed by atoms with van der Waals surface area (Å²) in [6.07, 6.45) is 1.85. The molecule has 20 heavy (non-hydrogen) atoms. The fraction of sp³-hybridized carbons (Fsp3) is 0.667. The van der Waals surface area contributed by atoms with E-state index in [1.165, 1.54) is 0 Å². The molecule has 0 aliphatic carbocycles. The monoisotopic (exact) mass is 296 g/mol. The highest BCUT2D eigenvalue weighted by Crippen LogP contribution is 2.30. The number of carbonyl (C=O) groups excluding carboxylic acids is 1. The molecule has 1 amide bonds. The summed E-state index contributed by atoms with van der Waals surface area (Å²) in [6, 6.07) is 2.01. The minimum absolute atomic E-state index is 0.0280. The molecular formula is C15H24N2O2S. The maximum absolute atomic E-state index is 12.6. The fourth-order valence-electron chi connectivity index (χ4n) is 2.53. The maximum atomic E-state index is 12.6. The summed E-state index contributed by atoms with van der Waals surface area (Å²) in [6.45, 7) is 6.72. The van der Waals surface area contributed by atoms with E-state index in [-0.39, 0.29) is 23.7 Å². The number of hydrogen-bond acceptors (Lipinski definition) is 4.